The largest absolute Gasteiger partial charge is 0.369 e. The zero-order valence-electron chi connectivity index (χ0n) is 12.0. The lowest BCUT2D eigenvalue weighted by atomic mass is 10.1. The Morgan fingerprint density at radius 2 is 1.83 bits per heavy atom. The first-order valence-corrected chi connectivity index (χ1v) is 7.83. The molecule has 1 N–H and O–H groups in total. The van der Waals surface area contributed by atoms with Gasteiger partial charge in [-0.15, -0.1) is 0 Å². The van der Waals surface area contributed by atoms with Crippen molar-refractivity contribution >= 4 is 28.4 Å². The molecule has 0 saturated carbocycles. The summed E-state index contributed by atoms with van der Waals surface area (Å²) in [6, 6.07) is 0. The maximum absolute atomic E-state index is 4.72. The summed E-state index contributed by atoms with van der Waals surface area (Å²) in [4.78, 5) is 9.39. The second-order valence-electron chi connectivity index (χ2n) is 5.37. The summed E-state index contributed by atoms with van der Waals surface area (Å²) in [6.07, 6.45) is 2.05. The number of hydrogen-bond donors (Lipinski definition) is 1. The van der Waals surface area contributed by atoms with E-state index < -0.39 is 0 Å². The van der Waals surface area contributed by atoms with Crippen LogP contribution >= 0.6 is 22.6 Å². The van der Waals surface area contributed by atoms with Crippen LogP contribution in [0.2, 0.25) is 0 Å². The Hall–Kier alpha value is -0.390. The molecule has 0 aliphatic carbocycles. The van der Waals surface area contributed by atoms with Crippen molar-refractivity contribution in [2.24, 2.45) is 5.92 Å². The summed E-state index contributed by atoms with van der Waals surface area (Å²) < 4.78 is 1.17. The average molecular weight is 361 g/mol. The minimum absolute atomic E-state index is 0.438. The molecule has 0 unspecified atom stereocenters. The van der Waals surface area contributed by atoms with Gasteiger partial charge in [0.1, 0.15) is 11.6 Å². The molecule has 1 aromatic rings. The first-order valence-electron chi connectivity index (χ1n) is 6.75. The van der Waals surface area contributed by atoms with Gasteiger partial charge in [-0.25, -0.2) is 9.97 Å². The molecule has 1 aromatic heterocycles. The lowest BCUT2D eigenvalue weighted by Crippen LogP contribution is -2.12. The molecule has 0 aliphatic rings. The van der Waals surface area contributed by atoms with Gasteiger partial charge in [0.05, 0.1) is 9.26 Å². The number of halogens is 1. The maximum atomic E-state index is 4.72. The van der Waals surface area contributed by atoms with Gasteiger partial charge in [-0.3, -0.25) is 0 Å². The van der Waals surface area contributed by atoms with E-state index in [0.29, 0.717) is 11.8 Å². The second-order valence-corrected chi connectivity index (χ2v) is 6.45. The van der Waals surface area contributed by atoms with Gasteiger partial charge >= 0.3 is 0 Å². The zero-order valence-corrected chi connectivity index (χ0v) is 14.2. The maximum Gasteiger partial charge on any atom is 0.143 e. The highest BCUT2D eigenvalue weighted by molar-refractivity contribution is 14.1. The molecule has 1 rings (SSSR count). The van der Waals surface area contributed by atoms with Gasteiger partial charge < -0.3 is 5.32 Å². The van der Waals surface area contributed by atoms with Crippen LogP contribution in [0.15, 0.2) is 0 Å². The second kappa shape index (κ2) is 7.26. The highest BCUT2D eigenvalue weighted by atomic mass is 127. The summed E-state index contributed by atoms with van der Waals surface area (Å²) in [7, 11) is 0. The third kappa shape index (κ3) is 4.37. The molecule has 0 fully saturated rings. The zero-order chi connectivity index (χ0) is 13.7. The highest BCUT2D eigenvalue weighted by Crippen LogP contribution is 2.25. The number of nitrogens with one attached hydrogen (secondary N) is 1. The van der Waals surface area contributed by atoms with Gasteiger partial charge in [-0.05, 0) is 40.8 Å². The Morgan fingerprint density at radius 1 is 1.17 bits per heavy atom. The van der Waals surface area contributed by atoms with Crippen LogP contribution in [0, 0.1) is 9.49 Å². The molecule has 102 valence electrons. The predicted octanol–water partition coefficient (Wildman–Crippen LogP) is 4.23. The van der Waals surface area contributed by atoms with Gasteiger partial charge in [0, 0.05) is 13.0 Å². The molecule has 0 aromatic carbocycles. The normalized spacial score (nSPS) is 11.3. The molecule has 3 nitrogen and oxygen atoms in total. The van der Waals surface area contributed by atoms with Crippen molar-refractivity contribution in [1.82, 2.24) is 9.97 Å². The van der Waals surface area contributed by atoms with E-state index in [1.807, 2.05) is 0 Å². The molecule has 0 spiro atoms. The molecule has 18 heavy (non-hydrogen) atoms. The van der Waals surface area contributed by atoms with Crippen LogP contribution in [-0.4, -0.2) is 16.5 Å². The Bertz CT molecular complexity index is 389. The van der Waals surface area contributed by atoms with E-state index >= 15 is 0 Å². The van der Waals surface area contributed by atoms with Crippen molar-refractivity contribution in [2.45, 2.75) is 53.4 Å². The smallest absolute Gasteiger partial charge is 0.143 e. The molecule has 0 radical (unpaired) electrons. The topological polar surface area (TPSA) is 37.8 Å². The minimum Gasteiger partial charge on any atom is -0.369 e. The van der Waals surface area contributed by atoms with E-state index in [1.54, 1.807) is 0 Å². The molecule has 0 saturated heterocycles. The Kier molecular flexibility index (Phi) is 6.32. The monoisotopic (exact) mass is 361 g/mol. The van der Waals surface area contributed by atoms with E-state index in [-0.39, 0.29) is 0 Å². The summed E-state index contributed by atoms with van der Waals surface area (Å²) in [5.41, 5.74) is 1.17. The minimum atomic E-state index is 0.438. The molecular weight excluding hydrogens is 337 g/mol. The third-order valence-corrected chi connectivity index (χ3v) is 3.67. The molecule has 0 atom stereocenters. The lowest BCUT2D eigenvalue weighted by molar-refractivity contribution is 0.613. The highest BCUT2D eigenvalue weighted by Gasteiger charge is 2.15. The SMILES string of the molecule is CCCNc1nc(CC(C)C)nc(C(C)C)c1I. The fourth-order valence-electron chi connectivity index (χ4n) is 1.71. The fourth-order valence-corrected chi connectivity index (χ4v) is 2.77. The van der Waals surface area contributed by atoms with Crippen LogP contribution < -0.4 is 5.32 Å². The number of nitrogens with zero attached hydrogens (tertiary/aromatic N) is 2. The van der Waals surface area contributed by atoms with Crippen molar-refractivity contribution in [2.75, 3.05) is 11.9 Å². The van der Waals surface area contributed by atoms with Crippen molar-refractivity contribution in [1.29, 1.82) is 0 Å². The van der Waals surface area contributed by atoms with Crippen LogP contribution in [-0.2, 0) is 6.42 Å². The standard InChI is InChI=1S/C14H24IN3/c1-6-7-16-14-12(15)13(10(4)5)17-11(18-14)8-9(2)3/h9-10H,6-8H2,1-5H3,(H,16,17,18). The van der Waals surface area contributed by atoms with Crippen LogP contribution in [0.5, 0.6) is 0 Å². The Labute approximate surface area is 124 Å². The quantitative estimate of drug-likeness (QED) is 0.771. The summed E-state index contributed by atoms with van der Waals surface area (Å²) >= 11 is 2.36. The summed E-state index contributed by atoms with van der Waals surface area (Å²) in [5, 5.41) is 3.41. The van der Waals surface area contributed by atoms with Gasteiger partial charge in [0.15, 0.2) is 0 Å². The van der Waals surface area contributed by atoms with Crippen molar-refractivity contribution < 1.29 is 0 Å². The van der Waals surface area contributed by atoms with Crippen LogP contribution in [0.1, 0.15) is 58.5 Å². The molecule has 0 aliphatic heterocycles. The number of hydrogen-bond acceptors (Lipinski definition) is 3. The van der Waals surface area contributed by atoms with Crippen molar-refractivity contribution in [3.63, 3.8) is 0 Å². The first-order chi connectivity index (χ1) is 8.45. The first kappa shape index (κ1) is 15.7. The van der Waals surface area contributed by atoms with Crippen LogP contribution in [0.25, 0.3) is 0 Å². The number of rotatable bonds is 6. The van der Waals surface area contributed by atoms with Crippen LogP contribution in [0.4, 0.5) is 5.82 Å². The van der Waals surface area contributed by atoms with E-state index in [2.05, 4.69) is 67.5 Å². The van der Waals surface area contributed by atoms with Gasteiger partial charge in [0.25, 0.3) is 0 Å². The van der Waals surface area contributed by atoms with Crippen molar-refractivity contribution in [3.05, 3.63) is 15.1 Å². The average Bonchev–Trinajstić information content (AvgIpc) is 2.28. The van der Waals surface area contributed by atoms with E-state index in [9.17, 15) is 0 Å². The Morgan fingerprint density at radius 3 is 2.33 bits per heavy atom. The van der Waals surface area contributed by atoms with Crippen LogP contribution in [0.3, 0.4) is 0 Å². The lowest BCUT2D eigenvalue weighted by Gasteiger charge is -2.15. The van der Waals surface area contributed by atoms with E-state index in [0.717, 1.165) is 31.0 Å². The summed E-state index contributed by atoms with van der Waals surface area (Å²) in [5.74, 6) is 3.00. The molecule has 0 amide bonds. The fraction of sp³-hybridized carbons (Fsp3) is 0.714. The van der Waals surface area contributed by atoms with Gasteiger partial charge in [-0.2, -0.15) is 0 Å². The van der Waals surface area contributed by atoms with E-state index in [1.165, 1.54) is 9.26 Å². The molecule has 1 heterocycles. The summed E-state index contributed by atoms with van der Waals surface area (Å²) in [6.45, 7) is 11.9. The van der Waals surface area contributed by atoms with Gasteiger partial charge in [0.2, 0.25) is 0 Å². The third-order valence-electron chi connectivity index (χ3n) is 2.60. The molecule has 4 heteroatoms. The van der Waals surface area contributed by atoms with Gasteiger partial charge in [-0.1, -0.05) is 34.6 Å². The predicted molar refractivity (Wildman–Crippen MR) is 86.2 cm³/mol. The molecule has 0 bridgehead atoms. The Balaban J connectivity index is 3.10. The number of anilines is 1. The van der Waals surface area contributed by atoms with E-state index in [4.69, 9.17) is 4.98 Å². The van der Waals surface area contributed by atoms with Crippen molar-refractivity contribution in [3.8, 4) is 0 Å². The number of aromatic nitrogens is 2. The molecular formula is C14H24IN3.